The molecule has 3 aromatic rings. The van der Waals surface area contributed by atoms with E-state index < -0.39 is 23.4 Å². The lowest BCUT2D eigenvalue weighted by Gasteiger charge is -2.29. The molecule has 232 valence electrons. The highest BCUT2D eigenvalue weighted by molar-refractivity contribution is 6.09. The second kappa shape index (κ2) is 11.9. The summed E-state index contributed by atoms with van der Waals surface area (Å²) in [5.74, 6) is 0.653. The van der Waals surface area contributed by atoms with Gasteiger partial charge in [0.15, 0.2) is 5.82 Å². The third-order valence-corrected chi connectivity index (χ3v) is 7.33. The standard InChI is InChI=1S/C32H44N6O5/c1-19-16-22-25(24(21-14-12-11-13-15-21)23(19)28(39)36(9)10)35-18-37(22)26-20(2)27(34-17-33-26)38(29(40)42-31(3,4)5)30(41)43-32(6,7)8/h16-18,21H,11-15H2,1-10H3. The van der Waals surface area contributed by atoms with E-state index >= 15 is 0 Å². The van der Waals surface area contributed by atoms with Gasteiger partial charge in [-0.3, -0.25) is 9.36 Å². The Kier molecular flexibility index (Phi) is 8.85. The molecule has 0 spiro atoms. The number of benzene rings is 1. The van der Waals surface area contributed by atoms with Crippen molar-refractivity contribution in [3.63, 3.8) is 0 Å². The molecule has 1 aliphatic rings. The third kappa shape index (κ3) is 6.81. The van der Waals surface area contributed by atoms with Crippen molar-refractivity contribution >= 4 is 34.9 Å². The summed E-state index contributed by atoms with van der Waals surface area (Å²) in [7, 11) is 3.53. The summed E-state index contributed by atoms with van der Waals surface area (Å²) in [4.78, 5) is 56.3. The first kappa shape index (κ1) is 31.9. The molecular weight excluding hydrogens is 548 g/mol. The second-order valence-corrected chi connectivity index (χ2v) is 13.4. The summed E-state index contributed by atoms with van der Waals surface area (Å²) in [5, 5.41) is 0. The van der Waals surface area contributed by atoms with Gasteiger partial charge in [-0.05, 0) is 91.3 Å². The van der Waals surface area contributed by atoms with E-state index in [1.807, 2.05) is 17.6 Å². The lowest BCUT2D eigenvalue weighted by Crippen LogP contribution is -2.44. The molecule has 11 nitrogen and oxygen atoms in total. The van der Waals surface area contributed by atoms with Crippen LogP contribution in [0.2, 0.25) is 0 Å². The molecule has 0 N–H and O–H groups in total. The lowest BCUT2D eigenvalue weighted by molar-refractivity contribution is 0.0428. The Morgan fingerprint density at radius 3 is 2.00 bits per heavy atom. The van der Waals surface area contributed by atoms with Gasteiger partial charge in [-0.25, -0.2) is 24.5 Å². The van der Waals surface area contributed by atoms with E-state index in [4.69, 9.17) is 14.5 Å². The maximum absolute atomic E-state index is 13.4. The number of aryl methyl sites for hydroxylation is 1. The van der Waals surface area contributed by atoms with Crippen molar-refractivity contribution in [1.82, 2.24) is 24.4 Å². The first-order chi connectivity index (χ1) is 20.0. The maximum Gasteiger partial charge on any atom is 0.425 e. The van der Waals surface area contributed by atoms with Crippen molar-refractivity contribution in [3.05, 3.63) is 41.0 Å². The van der Waals surface area contributed by atoms with Crippen LogP contribution in [0.5, 0.6) is 0 Å². The van der Waals surface area contributed by atoms with E-state index in [9.17, 15) is 14.4 Å². The van der Waals surface area contributed by atoms with Crippen LogP contribution in [-0.2, 0) is 9.47 Å². The van der Waals surface area contributed by atoms with Gasteiger partial charge < -0.3 is 14.4 Å². The van der Waals surface area contributed by atoms with E-state index in [0.29, 0.717) is 16.9 Å². The van der Waals surface area contributed by atoms with Crippen LogP contribution in [0.25, 0.3) is 16.9 Å². The molecule has 0 radical (unpaired) electrons. The highest BCUT2D eigenvalue weighted by atomic mass is 16.6. The summed E-state index contributed by atoms with van der Waals surface area (Å²) in [5.41, 5.74) is 2.78. The SMILES string of the molecule is Cc1cc2c(ncn2-c2ncnc(N(C(=O)OC(C)(C)C)C(=O)OC(C)(C)C)c2C)c(C2CCCCC2)c1C(=O)N(C)C. The molecule has 0 bridgehead atoms. The molecule has 1 fully saturated rings. The first-order valence-electron chi connectivity index (χ1n) is 14.8. The Morgan fingerprint density at radius 1 is 0.884 bits per heavy atom. The number of hydrogen-bond donors (Lipinski definition) is 0. The van der Waals surface area contributed by atoms with Crippen molar-refractivity contribution in [3.8, 4) is 5.82 Å². The second-order valence-electron chi connectivity index (χ2n) is 13.4. The number of imidazole rings is 1. The molecule has 0 atom stereocenters. The van der Waals surface area contributed by atoms with Crippen molar-refractivity contribution in [2.45, 2.75) is 105 Å². The van der Waals surface area contributed by atoms with Crippen LogP contribution < -0.4 is 4.90 Å². The zero-order chi connectivity index (χ0) is 31.9. The number of fused-ring (bicyclic) bond motifs is 1. The van der Waals surface area contributed by atoms with Crippen molar-refractivity contribution in [1.29, 1.82) is 0 Å². The van der Waals surface area contributed by atoms with E-state index in [2.05, 4.69) is 9.97 Å². The minimum absolute atomic E-state index is 0.0407. The molecule has 4 rings (SSSR count). The highest BCUT2D eigenvalue weighted by Gasteiger charge is 2.36. The molecule has 1 saturated carbocycles. The highest BCUT2D eigenvalue weighted by Crippen LogP contribution is 2.40. The quantitative estimate of drug-likeness (QED) is 0.322. The van der Waals surface area contributed by atoms with Gasteiger partial charge in [0.2, 0.25) is 0 Å². The molecule has 2 aromatic heterocycles. The van der Waals surface area contributed by atoms with Crippen LogP contribution in [0.1, 0.15) is 107 Å². The Bertz CT molecular complexity index is 1510. The van der Waals surface area contributed by atoms with Gasteiger partial charge in [-0.15, -0.1) is 0 Å². The fourth-order valence-electron chi connectivity index (χ4n) is 5.54. The Balaban J connectivity index is 1.91. The van der Waals surface area contributed by atoms with Crippen LogP contribution in [0.3, 0.4) is 0 Å². The molecular formula is C32H44N6O5. The van der Waals surface area contributed by atoms with Crippen molar-refractivity contribution in [2.75, 3.05) is 19.0 Å². The smallest absolute Gasteiger partial charge is 0.425 e. The summed E-state index contributed by atoms with van der Waals surface area (Å²) in [6.07, 6.45) is 6.54. The zero-order valence-electron chi connectivity index (χ0n) is 27.1. The van der Waals surface area contributed by atoms with E-state index in [1.165, 1.54) is 12.7 Å². The molecule has 0 unspecified atom stereocenters. The number of nitrogens with zero attached hydrogens (tertiary/aromatic N) is 6. The number of aromatic nitrogens is 4. The number of carbonyl (C=O) groups is 3. The van der Waals surface area contributed by atoms with E-state index in [0.717, 1.165) is 52.7 Å². The van der Waals surface area contributed by atoms with Gasteiger partial charge in [0, 0.05) is 25.2 Å². The molecule has 1 aliphatic carbocycles. The Hall–Kier alpha value is -4.02. The predicted molar refractivity (Wildman–Crippen MR) is 165 cm³/mol. The fraction of sp³-hybridized carbons (Fsp3) is 0.562. The number of ether oxygens (including phenoxy) is 2. The molecule has 0 aliphatic heterocycles. The Labute approximate surface area is 253 Å². The van der Waals surface area contributed by atoms with Gasteiger partial charge in [0.1, 0.15) is 29.7 Å². The lowest BCUT2D eigenvalue weighted by atomic mass is 9.80. The van der Waals surface area contributed by atoms with Crippen LogP contribution in [0.15, 0.2) is 18.7 Å². The van der Waals surface area contributed by atoms with Gasteiger partial charge in [0.05, 0.1) is 11.0 Å². The van der Waals surface area contributed by atoms with Crippen LogP contribution in [0, 0.1) is 13.8 Å². The number of imide groups is 1. The van der Waals surface area contributed by atoms with Gasteiger partial charge >= 0.3 is 12.2 Å². The average molecular weight is 593 g/mol. The van der Waals surface area contributed by atoms with Gasteiger partial charge in [-0.2, -0.15) is 4.90 Å². The summed E-state index contributed by atoms with van der Waals surface area (Å²) in [6, 6.07) is 1.95. The molecule has 2 heterocycles. The summed E-state index contributed by atoms with van der Waals surface area (Å²) >= 11 is 0. The minimum atomic E-state index is -0.910. The zero-order valence-corrected chi connectivity index (χ0v) is 27.1. The Morgan fingerprint density at radius 2 is 1.47 bits per heavy atom. The number of anilines is 1. The number of carbonyl (C=O) groups excluding carboxylic acids is 3. The van der Waals surface area contributed by atoms with E-state index in [-0.39, 0.29) is 17.6 Å². The van der Waals surface area contributed by atoms with Gasteiger partial charge in [-0.1, -0.05) is 19.3 Å². The van der Waals surface area contributed by atoms with Crippen molar-refractivity contribution < 1.29 is 23.9 Å². The largest absolute Gasteiger partial charge is 0.443 e. The van der Waals surface area contributed by atoms with E-state index in [1.54, 1.807) is 73.8 Å². The predicted octanol–water partition coefficient (Wildman–Crippen LogP) is 6.86. The summed E-state index contributed by atoms with van der Waals surface area (Å²) < 4.78 is 13.0. The molecule has 43 heavy (non-hydrogen) atoms. The first-order valence-corrected chi connectivity index (χ1v) is 14.8. The molecule has 3 amide bonds. The minimum Gasteiger partial charge on any atom is -0.443 e. The number of hydrogen-bond acceptors (Lipinski definition) is 8. The number of amides is 3. The average Bonchev–Trinajstić information content (AvgIpc) is 3.30. The third-order valence-electron chi connectivity index (χ3n) is 7.33. The van der Waals surface area contributed by atoms with Crippen LogP contribution in [0.4, 0.5) is 15.4 Å². The maximum atomic E-state index is 13.4. The normalized spacial score (nSPS) is 14.5. The molecule has 0 saturated heterocycles. The monoisotopic (exact) mass is 592 g/mol. The van der Waals surface area contributed by atoms with Crippen LogP contribution in [-0.4, -0.2) is 67.8 Å². The van der Waals surface area contributed by atoms with Crippen molar-refractivity contribution in [2.24, 2.45) is 0 Å². The topological polar surface area (TPSA) is 120 Å². The fourth-order valence-corrected chi connectivity index (χ4v) is 5.54. The van der Waals surface area contributed by atoms with Crippen LogP contribution >= 0.6 is 0 Å². The summed E-state index contributed by atoms with van der Waals surface area (Å²) in [6.45, 7) is 14.0. The molecule has 1 aromatic carbocycles. The van der Waals surface area contributed by atoms with Gasteiger partial charge in [0.25, 0.3) is 5.91 Å². The number of rotatable bonds is 4. The molecule has 11 heteroatoms.